The van der Waals surface area contributed by atoms with Gasteiger partial charge in [-0.1, -0.05) is 0 Å². The molecule has 6 heteroatoms. The van der Waals surface area contributed by atoms with Gasteiger partial charge in [0.05, 0.1) is 0 Å². The molecule has 1 aliphatic rings. The van der Waals surface area contributed by atoms with E-state index in [1.165, 1.54) is 0 Å². The van der Waals surface area contributed by atoms with Gasteiger partial charge >= 0.3 is 0 Å². The van der Waals surface area contributed by atoms with Crippen molar-refractivity contribution in [3.8, 4) is 12.3 Å². The topological polar surface area (TPSA) is 71.6 Å². The van der Waals surface area contributed by atoms with Crippen LogP contribution >= 0.6 is 0 Å². The summed E-state index contributed by atoms with van der Waals surface area (Å²) in [6.45, 7) is 1.16. The molecular weight excluding hydrogens is 302 g/mol. The first-order valence-corrected chi connectivity index (χ1v) is 7.92. The monoisotopic (exact) mass is 321 g/mol. The number of hydrogen-bond donors (Lipinski definition) is 1. The fourth-order valence-electron chi connectivity index (χ4n) is 2.58. The summed E-state index contributed by atoms with van der Waals surface area (Å²) < 4.78 is 1.92. The molecule has 0 atom stereocenters. The summed E-state index contributed by atoms with van der Waals surface area (Å²) in [5.41, 5.74) is 1.37. The smallest absolute Gasteiger partial charge is 0.267 e. The highest BCUT2D eigenvalue weighted by Crippen LogP contribution is 2.36. The summed E-state index contributed by atoms with van der Waals surface area (Å²) in [7, 11) is 0. The molecule has 1 amide bonds. The van der Waals surface area contributed by atoms with Gasteiger partial charge in [-0.2, -0.15) is 10.2 Å². The zero-order chi connectivity index (χ0) is 16.8. The van der Waals surface area contributed by atoms with Crippen LogP contribution in [0, 0.1) is 12.3 Å². The molecule has 0 bridgehead atoms. The van der Waals surface area contributed by atoms with Crippen molar-refractivity contribution in [2.75, 3.05) is 6.54 Å². The van der Waals surface area contributed by atoms with Gasteiger partial charge in [-0.25, -0.2) is 0 Å². The molecule has 24 heavy (non-hydrogen) atoms. The number of terminal acetylenes is 1. The number of nitrogens with zero attached hydrogens (tertiary/aromatic N) is 4. The molecule has 3 heterocycles. The molecular formula is C18H19N5O. The SMILES string of the molecule is C#CCCC1(CCNC(=O)c2cccn2Cc2ccncc2)N=N1. The van der Waals surface area contributed by atoms with Gasteiger partial charge in [0.1, 0.15) is 5.69 Å². The molecule has 0 unspecified atom stereocenters. The molecule has 0 radical (unpaired) electrons. The van der Waals surface area contributed by atoms with Crippen LogP contribution in [0.3, 0.4) is 0 Å². The van der Waals surface area contributed by atoms with E-state index in [2.05, 4.69) is 26.4 Å². The number of amides is 1. The second-order valence-corrected chi connectivity index (χ2v) is 5.77. The fourth-order valence-corrected chi connectivity index (χ4v) is 2.58. The van der Waals surface area contributed by atoms with E-state index in [9.17, 15) is 4.79 Å². The van der Waals surface area contributed by atoms with Crippen LogP contribution in [0.1, 0.15) is 35.3 Å². The van der Waals surface area contributed by atoms with Crippen LogP contribution in [-0.4, -0.2) is 27.7 Å². The van der Waals surface area contributed by atoms with Crippen LogP contribution in [-0.2, 0) is 6.54 Å². The summed E-state index contributed by atoms with van der Waals surface area (Å²) in [5.74, 6) is 2.51. The molecule has 0 saturated heterocycles. The second-order valence-electron chi connectivity index (χ2n) is 5.77. The number of carbonyl (C=O) groups is 1. The minimum Gasteiger partial charge on any atom is -0.351 e. The fraction of sp³-hybridized carbons (Fsp3) is 0.333. The molecule has 3 rings (SSSR count). The Morgan fingerprint density at radius 3 is 2.75 bits per heavy atom. The lowest BCUT2D eigenvalue weighted by molar-refractivity contribution is 0.0943. The summed E-state index contributed by atoms with van der Waals surface area (Å²) in [4.78, 5) is 16.4. The molecule has 0 spiro atoms. The van der Waals surface area contributed by atoms with Gasteiger partial charge in [-0.3, -0.25) is 9.78 Å². The number of rotatable bonds is 8. The van der Waals surface area contributed by atoms with Gasteiger partial charge in [0, 0.05) is 50.9 Å². The molecule has 2 aromatic rings. The summed E-state index contributed by atoms with van der Waals surface area (Å²) in [6, 6.07) is 7.56. The Morgan fingerprint density at radius 2 is 2.04 bits per heavy atom. The number of nitrogens with one attached hydrogen (secondary N) is 1. The highest BCUT2D eigenvalue weighted by Gasteiger charge is 2.38. The van der Waals surface area contributed by atoms with E-state index >= 15 is 0 Å². The highest BCUT2D eigenvalue weighted by molar-refractivity contribution is 5.92. The van der Waals surface area contributed by atoms with Gasteiger partial charge < -0.3 is 9.88 Å². The third kappa shape index (κ3) is 3.87. The Bertz CT molecular complexity index is 766. The zero-order valence-corrected chi connectivity index (χ0v) is 13.4. The third-order valence-electron chi connectivity index (χ3n) is 4.03. The van der Waals surface area contributed by atoms with Crippen molar-refractivity contribution in [3.05, 3.63) is 54.1 Å². The molecule has 1 N–H and O–H groups in total. The first-order valence-electron chi connectivity index (χ1n) is 7.92. The molecule has 0 saturated carbocycles. The van der Waals surface area contributed by atoms with E-state index in [0.29, 0.717) is 31.6 Å². The summed E-state index contributed by atoms with van der Waals surface area (Å²) >= 11 is 0. The molecule has 0 fully saturated rings. The van der Waals surface area contributed by atoms with Crippen molar-refractivity contribution in [1.82, 2.24) is 14.9 Å². The maximum atomic E-state index is 12.4. The van der Waals surface area contributed by atoms with Crippen LogP contribution in [0.2, 0.25) is 0 Å². The van der Waals surface area contributed by atoms with Crippen LogP contribution < -0.4 is 5.32 Å². The minimum absolute atomic E-state index is 0.0956. The van der Waals surface area contributed by atoms with E-state index in [1.54, 1.807) is 12.4 Å². The molecule has 2 aromatic heterocycles. The van der Waals surface area contributed by atoms with Crippen molar-refractivity contribution in [2.24, 2.45) is 10.2 Å². The maximum absolute atomic E-state index is 12.4. The average molecular weight is 321 g/mol. The van der Waals surface area contributed by atoms with E-state index in [4.69, 9.17) is 6.42 Å². The van der Waals surface area contributed by atoms with Crippen molar-refractivity contribution in [1.29, 1.82) is 0 Å². The van der Waals surface area contributed by atoms with E-state index < -0.39 is 0 Å². The van der Waals surface area contributed by atoms with Crippen LogP contribution in [0.5, 0.6) is 0 Å². The normalized spacial score (nSPS) is 14.1. The Labute approximate surface area is 141 Å². The van der Waals surface area contributed by atoms with Crippen molar-refractivity contribution >= 4 is 5.91 Å². The predicted octanol–water partition coefficient (Wildman–Crippen LogP) is 2.63. The molecule has 1 aliphatic heterocycles. The molecule has 122 valence electrons. The summed E-state index contributed by atoms with van der Waals surface area (Å²) in [6.07, 6.45) is 12.7. The first kappa shape index (κ1) is 15.9. The standard InChI is InChI=1S/C18H19N5O/c1-2-3-8-18(21-22-18)9-12-20-17(24)16-5-4-13-23(16)14-15-6-10-19-11-7-15/h1,4-7,10-11,13H,3,8-9,12,14H2,(H,20,24). The Balaban J connectivity index is 1.53. The minimum atomic E-state index is -0.362. The van der Waals surface area contributed by atoms with Crippen LogP contribution in [0.4, 0.5) is 0 Å². The molecule has 0 aliphatic carbocycles. The summed E-state index contributed by atoms with van der Waals surface area (Å²) in [5, 5.41) is 11.1. The lowest BCUT2D eigenvalue weighted by Gasteiger charge is -2.12. The van der Waals surface area contributed by atoms with Gasteiger partial charge in [0.2, 0.25) is 0 Å². The van der Waals surface area contributed by atoms with Gasteiger partial charge in [-0.15, -0.1) is 12.3 Å². The van der Waals surface area contributed by atoms with Gasteiger partial charge in [0.15, 0.2) is 5.66 Å². The van der Waals surface area contributed by atoms with Crippen LogP contribution in [0.25, 0.3) is 0 Å². The predicted molar refractivity (Wildman–Crippen MR) is 90.4 cm³/mol. The van der Waals surface area contributed by atoms with Crippen LogP contribution in [0.15, 0.2) is 53.1 Å². The quantitative estimate of drug-likeness (QED) is 0.759. The van der Waals surface area contributed by atoms with Crippen molar-refractivity contribution < 1.29 is 4.79 Å². The average Bonchev–Trinajstić information content (AvgIpc) is 3.22. The third-order valence-corrected chi connectivity index (χ3v) is 4.03. The van der Waals surface area contributed by atoms with Gasteiger partial charge in [0.25, 0.3) is 5.91 Å². The lowest BCUT2D eigenvalue weighted by atomic mass is 10.0. The molecule has 6 nitrogen and oxygen atoms in total. The number of aromatic nitrogens is 2. The van der Waals surface area contributed by atoms with E-state index in [0.717, 1.165) is 12.0 Å². The Hall–Kier alpha value is -2.94. The van der Waals surface area contributed by atoms with Gasteiger partial charge in [-0.05, 0) is 29.8 Å². The van der Waals surface area contributed by atoms with Crippen molar-refractivity contribution in [3.63, 3.8) is 0 Å². The Kier molecular flexibility index (Phi) is 4.71. The zero-order valence-electron chi connectivity index (χ0n) is 13.4. The lowest BCUT2D eigenvalue weighted by Crippen LogP contribution is -2.29. The number of hydrogen-bond acceptors (Lipinski definition) is 4. The second kappa shape index (κ2) is 7.09. The number of pyridine rings is 1. The maximum Gasteiger partial charge on any atom is 0.267 e. The first-order chi connectivity index (χ1) is 11.7. The van der Waals surface area contributed by atoms with Crippen molar-refractivity contribution in [2.45, 2.75) is 31.5 Å². The molecule has 0 aromatic carbocycles. The highest BCUT2D eigenvalue weighted by atomic mass is 16.1. The number of carbonyl (C=O) groups excluding carboxylic acids is 1. The largest absolute Gasteiger partial charge is 0.351 e. The van der Waals surface area contributed by atoms with E-state index in [-0.39, 0.29) is 11.6 Å². The van der Waals surface area contributed by atoms with E-state index in [1.807, 2.05) is 35.0 Å². The Morgan fingerprint density at radius 1 is 1.25 bits per heavy atom.